The van der Waals surface area contributed by atoms with E-state index in [1.54, 1.807) is 6.20 Å². The molecule has 90 valence electrons. The highest BCUT2D eigenvalue weighted by atomic mass is 15.1. The van der Waals surface area contributed by atoms with Crippen molar-refractivity contribution >= 4 is 0 Å². The second kappa shape index (κ2) is 5.64. The zero-order valence-corrected chi connectivity index (χ0v) is 10.4. The van der Waals surface area contributed by atoms with Crippen LogP contribution in [0.15, 0.2) is 42.6 Å². The van der Waals surface area contributed by atoms with Gasteiger partial charge in [-0.2, -0.15) is 5.10 Å². The number of rotatable bonds is 5. The van der Waals surface area contributed by atoms with Gasteiger partial charge in [0.15, 0.2) is 0 Å². The van der Waals surface area contributed by atoms with Crippen molar-refractivity contribution in [2.45, 2.75) is 32.4 Å². The first kappa shape index (κ1) is 11.9. The highest BCUT2D eigenvalue weighted by Gasteiger charge is 2.10. The van der Waals surface area contributed by atoms with Crippen LogP contribution in [0.1, 0.15) is 31.1 Å². The molecule has 0 bridgehead atoms. The number of hydrogen-bond acceptors (Lipinski definition) is 2. The smallest absolute Gasteiger partial charge is 0.0518 e. The maximum absolute atomic E-state index is 3.97. The van der Waals surface area contributed by atoms with Crippen LogP contribution in [0.3, 0.4) is 0 Å². The third kappa shape index (κ3) is 3.43. The molecule has 1 aromatic carbocycles. The van der Waals surface area contributed by atoms with E-state index < -0.39 is 0 Å². The molecule has 1 aromatic heterocycles. The first-order valence-corrected chi connectivity index (χ1v) is 6.05. The molecule has 1 heterocycles. The number of H-pyrrole nitrogens is 1. The first-order valence-electron chi connectivity index (χ1n) is 6.05. The second-order valence-electron chi connectivity index (χ2n) is 4.49. The first-order chi connectivity index (χ1) is 8.25. The van der Waals surface area contributed by atoms with Gasteiger partial charge >= 0.3 is 0 Å². The Morgan fingerprint density at radius 2 is 1.94 bits per heavy atom. The molecule has 2 N–H and O–H groups in total. The predicted octanol–water partition coefficient (Wildman–Crippen LogP) is 2.69. The molecule has 0 fully saturated rings. The number of aromatic nitrogens is 2. The van der Waals surface area contributed by atoms with Crippen LogP contribution in [0.25, 0.3) is 0 Å². The molecule has 2 unspecified atom stereocenters. The van der Waals surface area contributed by atoms with Crippen molar-refractivity contribution in [2.24, 2.45) is 0 Å². The van der Waals surface area contributed by atoms with Gasteiger partial charge in [0.25, 0.3) is 0 Å². The third-order valence-corrected chi connectivity index (χ3v) is 2.91. The number of aromatic amines is 1. The van der Waals surface area contributed by atoms with Gasteiger partial charge in [0.1, 0.15) is 0 Å². The van der Waals surface area contributed by atoms with Crippen molar-refractivity contribution in [3.05, 3.63) is 53.9 Å². The summed E-state index contributed by atoms with van der Waals surface area (Å²) in [7, 11) is 0. The fourth-order valence-electron chi connectivity index (χ4n) is 2.05. The van der Waals surface area contributed by atoms with E-state index >= 15 is 0 Å². The van der Waals surface area contributed by atoms with Crippen LogP contribution in [-0.4, -0.2) is 16.2 Å². The molecule has 0 saturated heterocycles. The Hall–Kier alpha value is -1.61. The monoisotopic (exact) mass is 229 g/mol. The molecule has 3 nitrogen and oxygen atoms in total. The van der Waals surface area contributed by atoms with E-state index in [1.165, 1.54) is 5.56 Å². The van der Waals surface area contributed by atoms with Crippen LogP contribution in [0.5, 0.6) is 0 Å². The molecule has 2 aromatic rings. The third-order valence-electron chi connectivity index (χ3n) is 2.91. The van der Waals surface area contributed by atoms with Crippen LogP contribution in [0.2, 0.25) is 0 Å². The number of nitrogens with zero attached hydrogens (tertiary/aromatic N) is 1. The lowest BCUT2D eigenvalue weighted by Gasteiger charge is -2.19. The van der Waals surface area contributed by atoms with Crippen molar-refractivity contribution in [2.75, 3.05) is 0 Å². The van der Waals surface area contributed by atoms with Crippen LogP contribution in [0.4, 0.5) is 0 Å². The van der Waals surface area contributed by atoms with E-state index in [1.807, 2.05) is 6.07 Å². The quantitative estimate of drug-likeness (QED) is 0.827. The van der Waals surface area contributed by atoms with E-state index in [-0.39, 0.29) is 0 Å². The van der Waals surface area contributed by atoms with E-state index in [4.69, 9.17) is 0 Å². The minimum Gasteiger partial charge on any atom is -0.306 e. The molecule has 0 aliphatic carbocycles. The SMILES string of the molecule is CC(Cc1ccccc1)NC(C)c1ccn[nH]1. The predicted molar refractivity (Wildman–Crippen MR) is 69.7 cm³/mol. The van der Waals surface area contributed by atoms with Crippen LogP contribution >= 0.6 is 0 Å². The van der Waals surface area contributed by atoms with Gasteiger partial charge in [0.2, 0.25) is 0 Å². The topological polar surface area (TPSA) is 40.7 Å². The molecule has 0 aliphatic rings. The highest BCUT2D eigenvalue weighted by molar-refractivity contribution is 5.16. The Labute approximate surface area is 102 Å². The van der Waals surface area contributed by atoms with Crippen LogP contribution in [-0.2, 0) is 6.42 Å². The summed E-state index contributed by atoms with van der Waals surface area (Å²) >= 11 is 0. The lowest BCUT2D eigenvalue weighted by atomic mass is 10.1. The summed E-state index contributed by atoms with van der Waals surface area (Å²) in [6, 6.07) is 13.3. The summed E-state index contributed by atoms with van der Waals surface area (Å²) in [4.78, 5) is 0. The van der Waals surface area contributed by atoms with Crippen LogP contribution < -0.4 is 5.32 Å². The van der Waals surface area contributed by atoms with Crippen molar-refractivity contribution in [3.63, 3.8) is 0 Å². The van der Waals surface area contributed by atoms with Gasteiger partial charge in [0.05, 0.1) is 5.69 Å². The summed E-state index contributed by atoms with van der Waals surface area (Å²) in [6.45, 7) is 4.36. The molecule has 2 rings (SSSR count). The molecule has 0 amide bonds. The minimum absolute atomic E-state index is 0.302. The van der Waals surface area contributed by atoms with Crippen molar-refractivity contribution < 1.29 is 0 Å². The normalized spacial score (nSPS) is 14.5. The molecular formula is C14H19N3. The summed E-state index contributed by atoms with van der Waals surface area (Å²) in [6.07, 6.45) is 2.83. The maximum Gasteiger partial charge on any atom is 0.0518 e. The van der Waals surface area contributed by atoms with Gasteiger partial charge in [0, 0.05) is 18.3 Å². The summed E-state index contributed by atoms with van der Waals surface area (Å²) in [5, 5.41) is 10.5. The van der Waals surface area contributed by atoms with E-state index in [2.05, 4.69) is 59.7 Å². The fourth-order valence-corrected chi connectivity index (χ4v) is 2.05. The summed E-state index contributed by atoms with van der Waals surface area (Å²) in [5.74, 6) is 0. The Morgan fingerprint density at radius 3 is 2.59 bits per heavy atom. The van der Waals surface area contributed by atoms with Crippen LogP contribution in [0, 0.1) is 0 Å². The van der Waals surface area contributed by atoms with E-state index in [0.29, 0.717) is 12.1 Å². The largest absolute Gasteiger partial charge is 0.306 e. The van der Waals surface area contributed by atoms with Crippen molar-refractivity contribution in [3.8, 4) is 0 Å². The highest BCUT2D eigenvalue weighted by Crippen LogP contribution is 2.10. The average molecular weight is 229 g/mol. The zero-order valence-electron chi connectivity index (χ0n) is 10.4. The average Bonchev–Trinajstić information content (AvgIpc) is 2.83. The summed E-state index contributed by atoms with van der Waals surface area (Å²) in [5.41, 5.74) is 2.49. The number of benzene rings is 1. The fraction of sp³-hybridized carbons (Fsp3) is 0.357. The standard InChI is InChI=1S/C14H19N3/c1-11(10-13-6-4-3-5-7-13)16-12(2)14-8-9-15-17-14/h3-9,11-12,16H,10H2,1-2H3,(H,15,17). The Morgan fingerprint density at radius 1 is 1.18 bits per heavy atom. The number of hydrogen-bond donors (Lipinski definition) is 2. The summed E-state index contributed by atoms with van der Waals surface area (Å²) < 4.78 is 0. The van der Waals surface area contributed by atoms with Gasteiger partial charge in [-0.15, -0.1) is 0 Å². The van der Waals surface area contributed by atoms with E-state index in [0.717, 1.165) is 12.1 Å². The van der Waals surface area contributed by atoms with Gasteiger partial charge < -0.3 is 5.32 Å². The lowest BCUT2D eigenvalue weighted by Crippen LogP contribution is -2.30. The van der Waals surface area contributed by atoms with Crippen molar-refractivity contribution in [1.82, 2.24) is 15.5 Å². The molecule has 0 aliphatic heterocycles. The lowest BCUT2D eigenvalue weighted by molar-refractivity contribution is 0.469. The molecule has 3 heteroatoms. The Kier molecular flexibility index (Phi) is 3.94. The minimum atomic E-state index is 0.302. The molecule has 17 heavy (non-hydrogen) atoms. The van der Waals surface area contributed by atoms with Crippen molar-refractivity contribution in [1.29, 1.82) is 0 Å². The Balaban J connectivity index is 1.87. The van der Waals surface area contributed by atoms with Gasteiger partial charge in [-0.25, -0.2) is 0 Å². The van der Waals surface area contributed by atoms with Gasteiger partial charge in [-0.3, -0.25) is 5.10 Å². The van der Waals surface area contributed by atoms with Gasteiger partial charge in [-0.1, -0.05) is 30.3 Å². The number of nitrogens with one attached hydrogen (secondary N) is 2. The molecular weight excluding hydrogens is 210 g/mol. The van der Waals surface area contributed by atoms with E-state index in [9.17, 15) is 0 Å². The molecule has 0 spiro atoms. The zero-order chi connectivity index (χ0) is 12.1. The van der Waals surface area contributed by atoms with Gasteiger partial charge in [-0.05, 0) is 31.9 Å². The second-order valence-corrected chi connectivity index (χ2v) is 4.49. The molecule has 2 atom stereocenters. The Bertz CT molecular complexity index is 422. The molecule has 0 radical (unpaired) electrons. The maximum atomic E-state index is 3.97. The molecule has 0 saturated carbocycles.